The topological polar surface area (TPSA) is 43.3 Å². The Morgan fingerprint density at radius 2 is 1.73 bits per heavy atom. The Kier molecular flexibility index (Phi) is 5.02. The SMILES string of the molecule is C[C@H]1CC[C@@H](C2=Nc3ccc4cc5c(cc4c3C2)OCc2cc(B3OC(C)(C)C(C)(C)O3)ccc2-5)N1C. The van der Waals surface area contributed by atoms with E-state index in [0.717, 1.165) is 28.9 Å². The van der Waals surface area contributed by atoms with Crippen LogP contribution < -0.4 is 10.2 Å². The van der Waals surface area contributed by atoms with Gasteiger partial charge >= 0.3 is 7.12 Å². The van der Waals surface area contributed by atoms with Crippen molar-refractivity contribution in [1.29, 1.82) is 0 Å². The summed E-state index contributed by atoms with van der Waals surface area (Å²) in [6.45, 7) is 11.2. The minimum atomic E-state index is -0.369. The normalized spacial score (nSPS) is 25.6. The van der Waals surface area contributed by atoms with Crippen molar-refractivity contribution in [3.8, 4) is 16.9 Å². The first-order valence-electron chi connectivity index (χ1n) is 13.6. The molecule has 3 aromatic rings. The summed E-state index contributed by atoms with van der Waals surface area (Å²) in [5.41, 5.74) is 7.65. The molecule has 4 aliphatic heterocycles. The first-order chi connectivity index (χ1) is 17.6. The van der Waals surface area contributed by atoms with Crippen molar-refractivity contribution in [1.82, 2.24) is 4.90 Å². The van der Waals surface area contributed by atoms with Crippen LogP contribution in [-0.4, -0.2) is 48.1 Å². The molecule has 0 unspecified atom stereocenters. The molecule has 7 rings (SSSR count). The quantitative estimate of drug-likeness (QED) is 0.422. The van der Waals surface area contributed by atoms with E-state index in [1.807, 2.05) is 0 Å². The highest BCUT2D eigenvalue weighted by Gasteiger charge is 2.51. The molecule has 0 amide bonds. The Labute approximate surface area is 220 Å². The maximum atomic E-state index is 6.35. The van der Waals surface area contributed by atoms with E-state index in [2.05, 4.69) is 89.0 Å². The first-order valence-corrected chi connectivity index (χ1v) is 13.6. The van der Waals surface area contributed by atoms with Crippen LogP contribution in [0.1, 0.15) is 58.6 Å². The fraction of sp³-hybridized carbons (Fsp3) is 0.452. The van der Waals surface area contributed by atoms with Gasteiger partial charge in [0, 0.05) is 29.8 Å². The number of fused-ring (bicyclic) bond motifs is 6. The monoisotopic (exact) mass is 494 g/mol. The predicted octanol–water partition coefficient (Wildman–Crippen LogP) is 5.81. The maximum Gasteiger partial charge on any atom is 0.494 e. The molecular weight excluding hydrogens is 459 g/mol. The van der Waals surface area contributed by atoms with E-state index in [4.69, 9.17) is 19.0 Å². The number of rotatable bonds is 2. The van der Waals surface area contributed by atoms with E-state index < -0.39 is 0 Å². The van der Waals surface area contributed by atoms with E-state index in [1.165, 1.54) is 46.0 Å². The van der Waals surface area contributed by atoms with Gasteiger partial charge in [-0.3, -0.25) is 9.89 Å². The second-order valence-corrected chi connectivity index (χ2v) is 12.3. The van der Waals surface area contributed by atoms with E-state index in [0.29, 0.717) is 18.7 Å². The molecule has 37 heavy (non-hydrogen) atoms. The molecule has 0 aromatic heterocycles. The summed E-state index contributed by atoms with van der Waals surface area (Å²) in [5, 5.41) is 2.51. The Balaban J connectivity index is 1.21. The molecule has 190 valence electrons. The maximum absolute atomic E-state index is 6.35. The van der Waals surface area contributed by atoms with Crippen molar-refractivity contribution in [2.75, 3.05) is 7.05 Å². The molecule has 0 aliphatic carbocycles. The highest BCUT2D eigenvalue weighted by molar-refractivity contribution is 6.62. The van der Waals surface area contributed by atoms with Gasteiger partial charge in [-0.05, 0) is 106 Å². The van der Waals surface area contributed by atoms with Gasteiger partial charge in [0.05, 0.1) is 16.9 Å². The first kappa shape index (κ1) is 23.5. The summed E-state index contributed by atoms with van der Waals surface area (Å²) in [6, 6.07) is 16.6. The number of hydrogen-bond acceptors (Lipinski definition) is 5. The number of nitrogens with zero attached hydrogens (tertiary/aromatic N) is 2. The van der Waals surface area contributed by atoms with Gasteiger partial charge in [0.1, 0.15) is 12.4 Å². The summed E-state index contributed by atoms with van der Waals surface area (Å²) >= 11 is 0. The van der Waals surface area contributed by atoms with Gasteiger partial charge in [-0.25, -0.2) is 0 Å². The van der Waals surface area contributed by atoms with Crippen molar-refractivity contribution >= 4 is 34.8 Å². The lowest BCUT2D eigenvalue weighted by molar-refractivity contribution is 0.00578. The van der Waals surface area contributed by atoms with Crippen LogP contribution in [0.15, 0.2) is 47.5 Å². The number of ether oxygens (including phenoxy) is 1. The van der Waals surface area contributed by atoms with Crippen molar-refractivity contribution < 1.29 is 14.0 Å². The molecule has 0 saturated carbocycles. The molecule has 0 bridgehead atoms. The third kappa shape index (κ3) is 3.53. The lowest BCUT2D eigenvalue weighted by Crippen LogP contribution is -2.41. The van der Waals surface area contributed by atoms with Crippen molar-refractivity contribution in [2.45, 2.75) is 83.8 Å². The molecule has 2 fully saturated rings. The van der Waals surface area contributed by atoms with Crippen LogP contribution in [0.2, 0.25) is 0 Å². The Bertz CT molecular complexity index is 1460. The molecule has 6 heteroatoms. The summed E-state index contributed by atoms with van der Waals surface area (Å²) in [4.78, 5) is 7.59. The third-order valence-electron chi connectivity index (χ3n) is 9.59. The summed E-state index contributed by atoms with van der Waals surface area (Å²) in [5.74, 6) is 0.955. The summed E-state index contributed by atoms with van der Waals surface area (Å²) < 4.78 is 18.9. The fourth-order valence-corrected chi connectivity index (χ4v) is 6.38. The van der Waals surface area contributed by atoms with Crippen LogP contribution in [0.5, 0.6) is 5.75 Å². The highest BCUT2D eigenvalue weighted by atomic mass is 16.7. The average Bonchev–Trinajstić information content (AvgIpc) is 3.50. The average molecular weight is 494 g/mol. The molecule has 0 N–H and O–H groups in total. The lowest BCUT2D eigenvalue weighted by atomic mass is 9.77. The number of aliphatic imine (C=N–C) groups is 1. The zero-order valence-corrected chi connectivity index (χ0v) is 22.7. The van der Waals surface area contributed by atoms with Crippen molar-refractivity contribution in [2.24, 2.45) is 4.99 Å². The largest absolute Gasteiger partial charge is 0.494 e. The van der Waals surface area contributed by atoms with E-state index >= 15 is 0 Å². The summed E-state index contributed by atoms with van der Waals surface area (Å²) in [6.07, 6.45) is 3.38. The lowest BCUT2D eigenvalue weighted by Gasteiger charge is -2.32. The predicted molar refractivity (Wildman–Crippen MR) is 150 cm³/mol. The zero-order valence-electron chi connectivity index (χ0n) is 22.7. The molecule has 0 spiro atoms. The van der Waals surface area contributed by atoms with E-state index in [1.54, 1.807) is 0 Å². The van der Waals surface area contributed by atoms with Gasteiger partial charge in [-0.1, -0.05) is 24.3 Å². The minimum absolute atomic E-state index is 0.356. The minimum Gasteiger partial charge on any atom is -0.488 e. The van der Waals surface area contributed by atoms with Crippen LogP contribution in [-0.2, 0) is 22.3 Å². The van der Waals surface area contributed by atoms with E-state index in [-0.39, 0.29) is 18.3 Å². The molecule has 2 atom stereocenters. The molecular formula is C31H35BN2O3. The number of benzene rings is 3. The van der Waals surface area contributed by atoms with Gasteiger partial charge in [-0.2, -0.15) is 0 Å². The molecule has 0 radical (unpaired) electrons. The smallest absolute Gasteiger partial charge is 0.488 e. The van der Waals surface area contributed by atoms with Gasteiger partial charge in [0.25, 0.3) is 0 Å². The fourth-order valence-electron chi connectivity index (χ4n) is 6.38. The van der Waals surface area contributed by atoms with Gasteiger partial charge in [-0.15, -0.1) is 0 Å². The Morgan fingerprint density at radius 3 is 2.46 bits per heavy atom. The van der Waals surface area contributed by atoms with Crippen LogP contribution in [0, 0.1) is 0 Å². The van der Waals surface area contributed by atoms with Gasteiger partial charge < -0.3 is 14.0 Å². The zero-order chi connectivity index (χ0) is 25.7. The van der Waals surface area contributed by atoms with Crippen molar-refractivity contribution in [3.63, 3.8) is 0 Å². The van der Waals surface area contributed by atoms with E-state index in [9.17, 15) is 0 Å². The third-order valence-corrected chi connectivity index (χ3v) is 9.59. The second-order valence-electron chi connectivity index (χ2n) is 12.3. The standard InChI is InChI=1S/C31H35BN2O3/c1-18-7-12-28(34(18)6)27-15-24-23-16-29-25(14-19(23)8-11-26(24)33-27)22-10-9-21(13-20(22)17-35-29)32-36-30(2,3)31(4,5)37-32/h8-11,13-14,16,18,28H,7,12,15,17H2,1-6H3/t18-,28-/m0/s1. The Morgan fingerprint density at radius 1 is 0.946 bits per heavy atom. The van der Waals surface area contributed by atoms with Crippen LogP contribution in [0.4, 0.5) is 5.69 Å². The van der Waals surface area contributed by atoms with Crippen molar-refractivity contribution in [3.05, 3.63) is 53.6 Å². The second kappa shape index (κ2) is 7.92. The molecule has 2 saturated heterocycles. The van der Waals surface area contributed by atoms with Gasteiger partial charge in [0.2, 0.25) is 0 Å². The van der Waals surface area contributed by atoms with Crippen LogP contribution in [0.3, 0.4) is 0 Å². The molecule has 5 nitrogen and oxygen atoms in total. The summed E-state index contributed by atoms with van der Waals surface area (Å²) in [7, 11) is 1.87. The Hall–Kier alpha value is -2.67. The number of hydrogen-bond donors (Lipinski definition) is 0. The van der Waals surface area contributed by atoms with Crippen LogP contribution in [0.25, 0.3) is 21.9 Å². The molecule has 3 aromatic carbocycles. The van der Waals surface area contributed by atoms with Crippen LogP contribution >= 0.6 is 0 Å². The molecule has 4 heterocycles. The molecule has 4 aliphatic rings. The number of likely N-dealkylation sites (tertiary alicyclic amines) is 1. The highest BCUT2D eigenvalue weighted by Crippen LogP contribution is 2.44. The van der Waals surface area contributed by atoms with Gasteiger partial charge in [0.15, 0.2) is 0 Å².